The molecular weight excluding hydrogens is 380 g/mol. The molecule has 0 saturated carbocycles. The predicted octanol–water partition coefficient (Wildman–Crippen LogP) is 5.13. The van der Waals surface area contributed by atoms with Crippen LogP contribution in [0.5, 0.6) is 11.5 Å². The maximum atomic E-state index is 11.8. The van der Waals surface area contributed by atoms with Crippen molar-refractivity contribution >= 4 is 22.6 Å². The van der Waals surface area contributed by atoms with E-state index in [2.05, 4.69) is 22.4 Å². The van der Waals surface area contributed by atoms with Gasteiger partial charge >= 0.3 is 0 Å². The Balaban J connectivity index is 1.82. The van der Waals surface area contributed by atoms with Crippen LogP contribution in [-0.4, -0.2) is 34.6 Å². The first-order valence-corrected chi connectivity index (χ1v) is 10.6. The van der Waals surface area contributed by atoms with E-state index in [-0.39, 0.29) is 5.91 Å². The van der Waals surface area contributed by atoms with Crippen LogP contribution in [-0.2, 0) is 4.79 Å². The molecule has 0 aliphatic heterocycles. The molecule has 3 rings (SSSR count). The molecule has 1 N–H and O–H groups in total. The molecular formula is C23H30N4O3. The molecule has 7 nitrogen and oxygen atoms in total. The minimum absolute atomic E-state index is 0.181. The molecule has 0 radical (unpaired) electrons. The van der Waals surface area contributed by atoms with Gasteiger partial charge in [0.15, 0.2) is 11.5 Å². The summed E-state index contributed by atoms with van der Waals surface area (Å²) in [6.45, 7) is 4.29. The Kier molecular flexibility index (Phi) is 7.65. The summed E-state index contributed by atoms with van der Waals surface area (Å²) in [6.07, 6.45) is 7.15. The van der Waals surface area contributed by atoms with Crippen LogP contribution in [0, 0.1) is 0 Å². The van der Waals surface area contributed by atoms with Gasteiger partial charge in [-0.1, -0.05) is 51.2 Å². The zero-order valence-electron chi connectivity index (χ0n) is 18.0. The highest BCUT2D eigenvalue weighted by Crippen LogP contribution is 2.35. The molecule has 1 aromatic heterocycles. The number of benzene rings is 2. The number of nitrogens with one attached hydrogen (secondary N) is 1. The van der Waals surface area contributed by atoms with Gasteiger partial charge in [0, 0.05) is 19.1 Å². The van der Waals surface area contributed by atoms with E-state index in [4.69, 9.17) is 9.47 Å². The number of ether oxygens (including phenoxy) is 2. The lowest BCUT2D eigenvalue weighted by molar-refractivity contribution is -0.114. The number of carbonyl (C=O) groups excluding carboxylic acids is 1. The molecule has 0 bridgehead atoms. The van der Waals surface area contributed by atoms with Gasteiger partial charge in [-0.05, 0) is 18.6 Å². The second-order valence-electron chi connectivity index (χ2n) is 7.30. The fourth-order valence-electron chi connectivity index (χ4n) is 3.31. The van der Waals surface area contributed by atoms with E-state index < -0.39 is 0 Å². The smallest absolute Gasteiger partial charge is 0.221 e. The molecule has 0 fully saturated rings. The molecule has 2 aromatic carbocycles. The Morgan fingerprint density at radius 2 is 1.67 bits per heavy atom. The lowest BCUT2D eigenvalue weighted by Crippen LogP contribution is -2.12. The average Bonchev–Trinajstić information content (AvgIpc) is 3.16. The van der Waals surface area contributed by atoms with Crippen LogP contribution in [0.4, 0.5) is 5.69 Å². The summed E-state index contributed by atoms with van der Waals surface area (Å²) in [5, 5.41) is 11.9. The summed E-state index contributed by atoms with van der Waals surface area (Å²) >= 11 is 0. The summed E-state index contributed by atoms with van der Waals surface area (Å²) in [6, 6.07) is 11.2. The fraction of sp³-hybridized carbons (Fsp3) is 0.435. The first kappa shape index (κ1) is 21.6. The van der Waals surface area contributed by atoms with Crippen molar-refractivity contribution in [1.29, 1.82) is 0 Å². The number of anilines is 1. The number of rotatable bonds is 11. The van der Waals surface area contributed by atoms with Crippen molar-refractivity contribution in [2.45, 2.75) is 52.4 Å². The number of amides is 1. The van der Waals surface area contributed by atoms with E-state index in [0.717, 1.165) is 23.9 Å². The number of carbonyl (C=O) groups is 1. The minimum atomic E-state index is -0.181. The van der Waals surface area contributed by atoms with Gasteiger partial charge in [-0.3, -0.25) is 4.79 Å². The van der Waals surface area contributed by atoms with E-state index in [1.54, 1.807) is 19.2 Å². The van der Waals surface area contributed by atoms with E-state index in [9.17, 15) is 4.79 Å². The number of fused-ring (bicyclic) bond motifs is 1. The molecule has 160 valence electrons. The number of unbranched alkanes of at least 4 members (excludes halogenated alkanes) is 5. The van der Waals surface area contributed by atoms with Gasteiger partial charge in [-0.15, -0.1) is 15.0 Å². The molecule has 0 spiro atoms. The number of hydrogen-bond donors (Lipinski definition) is 1. The summed E-state index contributed by atoms with van der Waals surface area (Å²) < 4.78 is 11.5. The Bertz CT molecular complexity index is 951. The highest BCUT2D eigenvalue weighted by molar-refractivity contribution is 5.92. The standard InChI is InChI=1S/C23H30N4O3/c1-4-5-6-7-8-11-14-30-23-15-20(24-17(2)28)21(16-22(23)29-3)27-25-18-12-9-10-13-19(18)26-27/h9-10,12-13,15-16H,4-8,11,14H2,1-3H3,(H,24,28). The lowest BCUT2D eigenvalue weighted by atomic mass is 10.1. The average molecular weight is 411 g/mol. The molecule has 0 atom stereocenters. The molecule has 0 aliphatic rings. The van der Waals surface area contributed by atoms with Gasteiger partial charge in [-0.2, -0.15) is 0 Å². The van der Waals surface area contributed by atoms with Crippen LogP contribution in [0.15, 0.2) is 36.4 Å². The number of hydrogen-bond acceptors (Lipinski definition) is 5. The third-order valence-electron chi connectivity index (χ3n) is 4.85. The fourth-order valence-corrected chi connectivity index (χ4v) is 3.31. The van der Waals surface area contributed by atoms with Gasteiger partial charge in [-0.25, -0.2) is 0 Å². The molecule has 30 heavy (non-hydrogen) atoms. The predicted molar refractivity (Wildman–Crippen MR) is 119 cm³/mol. The van der Waals surface area contributed by atoms with Gasteiger partial charge in [0.25, 0.3) is 0 Å². The van der Waals surface area contributed by atoms with Crippen molar-refractivity contribution in [2.75, 3.05) is 19.0 Å². The number of aromatic nitrogens is 3. The Morgan fingerprint density at radius 1 is 1.00 bits per heavy atom. The highest BCUT2D eigenvalue weighted by atomic mass is 16.5. The first-order chi connectivity index (χ1) is 14.6. The lowest BCUT2D eigenvalue weighted by Gasteiger charge is -2.16. The molecule has 1 heterocycles. The summed E-state index contributed by atoms with van der Waals surface area (Å²) in [7, 11) is 1.60. The van der Waals surface area contributed by atoms with Crippen LogP contribution in [0.2, 0.25) is 0 Å². The summed E-state index contributed by atoms with van der Waals surface area (Å²) in [5.74, 6) is 0.988. The quantitative estimate of drug-likeness (QED) is 0.444. The Morgan fingerprint density at radius 3 is 2.30 bits per heavy atom. The van der Waals surface area contributed by atoms with Crippen molar-refractivity contribution in [1.82, 2.24) is 15.0 Å². The first-order valence-electron chi connectivity index (χ1n) is 10.6. The Labute approximate surface area is 177 Å². The zero-order chi connectivity index (χ0) is 21.3. The van der Waals surface area contributed by atoms with Crippen molar-refractivity contribution in [2.24, 2.45) is 0 Å². The summed E-state index contributed by atoms with van der Waals surface area (Å²) in [5.41, 5.74) is 2.73. The maximum Gasteiger partial charge on any atom is 0.221 e. The SMILES string of the molecule is CCCCCCCCOc1cc(NC(C)=O)c(-n2nc3ccccc3n2)cc1OC. The van der Waals surface area contributed by atoms with Gasteiger partial charge in [0.2, 0.25) is 5.91 Å². The van der Waals surface area contributed by atoms with Crippen LogP contribution in [0.1, 0.15) is 52.4 Å². The molecule has 7 heteroatoms. The van der Waals surface area contributed by atoms with Gasteiger partial charge < -0.3 is 14.8 Å². The van der Waals surface area contributed by atoms with Crippen LogP contribution >= 0.6 is 0 Å². The third kappa shape index (κ3) is 5.49. The van der Waals surface area contributed by atoms with Crippen molar-refractivity contribution < 1.29 is 14.3 Å². The second-order valence-corrected chi connectivity index (χ2v) is 7.30. The third-order valence-corrected chi connectivity index (χ3v) is 4.85. The number of methoxy groups -OCH3 is 1. The van der Waals surface area contributed by atoms with E-state index in [0.29, 0.717) is 29.5 Å². The van der Waals surface area contributed by atoms with Crippen molar-refractivity contribution in [3.8, 4) is 17.2 Å². The molecule has 0 unspecified atom stereocenters. The van der Waals surface area contributed by atoms with E-state index in [1.165, 1.54) is 37.4 Å². The normalized spacial score (nSPS) is 10.9. The summed E-state index contributed by atoms with van der Waals surface area (Å²) in [4.78, 5) is 13.3. The molecule has 1 amide bonds. The highest BCUT2D eigenvalue weighted by Gasteiger charge is 2.16. The second kappa shape index (κ2) is 10.6. The maximum absolute atomic E-state index is 11.8. The number of nitrogens with zero attached hydrogens (tertiary/aromatic N) is 3. The van der Waals surface area contributed by atoms with E-state index >= 15 is 0 Å². The largest absolute Gasteiger partial charge is 0.493 e. The monoisotopic (exact) mass is 410 g/mol. The molecule has 0 aliphatic carbocycles. The zero-order valence-corrected chi connectivity index (χ0v) is 18.0. The van der Waals surface area contributed by atoms with Crippen molar-refractivity contribution in [3.63, 3.8) is 0 Å². The van der Waals surface area contributed by atoms with Gasteiger partial charge in [0.05, 0.1) is 19.4 Å². The topological polar surface area (TPSA) is 78.3 Å². The minimum Gasteiger partial charge on any atom is -0.493 e. The van der Waals surface area contributed by atoms with Crippen molar-refractivity contribution in [3.05, 3.63) is 36.4 Å². The molecule has 3 aromatic rings. The van der Waals surface area contributed by atoms with Crippen LogP contribution in [0.3, 0.4) is 0 Å². The molecule has 0 saturated heterocycles. The van der Waals surface area contributed by atoms with Crippen LogP contribution in [0.25, 0.3) is 16.7 Å². The Hall–Kier alpha value is -3.09. The van der Waals surface area contributed by atoms with E-state index in [1.807, 2.05) is 24.3 Å². The van der Waals surface area contributed by atoms with Gasteiger partial charge in [0.1, 0.15) is 16.7 Å². The van der Waals surface area contributed by atoms with Crippen LogP contribution < -0.4 is 14.8 Å².